The second-order valence-electron chi connectivity index (χ2n) is 4.19. The van der Waals surface area contributed by atoms with Crippen molar-refractivity contribution in [2.45, 2.75) is 46.5 Å². The maximum atomic E-state index is 11.6. The van der Waals surface area contributed by atoms with Gasteiger partial charge in [0.15, 0.2) is 0 Å². The molecule has 0 aliphatic heterocycles. The number of hydrogen-bond acceptors (Lipinski definition) is 1. The lowest BCUT2D eigenvalue weighted by molar-refractivity contribution is -0.124. The number of carbonyl (C=O) groups is 1. The Morgan fingerprint density at radius 1 is 1.33 bits per heavy atom. The summed E-state index contributed by atoms with van der Waals surface area (Å²) in [6, 6.07) is 0. The lowest BCUT2D eigenvalue weighted by Crippen LogP contribution is -2.33. The van der Waals surface area contributed by atoms with E-state index in [9.17, 15) is 4.79 Å². The summed E-state index contributed by atoms with van der Waals surface area (Å²) in [6.07, 6.45) is 4.10. The molecule has 0 aliphatic carbocycles. The lowest BCUT2D eigenvalue weighted by Gasteiger charge is -2.16. The summed E-state index contributed by atoms with van der Waals surface area (Å²) in [5, 5.41) is 3.01. The molecule has 0 fully saturated rings. The van der Waals surface area contributed by atoms with E-state index < -0.39 is 0 Å². The van der Waals surface area contributed by atoms with Gasteiger partial charge in [-0.3, -0.25) is 4.79 Å². The Labute approximate surface area is 98.8 Å². The first-order valence-corrected chi connectivity index (χ1v) is 6.52. The van der Waals surface area contributed by atoms with Crippen LogP contribution >= 0.6 is 11.6 Å². The van der Waals surface area contributed by atoms with Gasteiger partial charge in [0.2, 0.25) is 5.91 Å². The van der Waals surface area contributed by atoms with E-state index in [2.05, 4.69) is 19.2 Å². The summed E-state index contributed by atoms with van der Waals surface area (Å²) in [5.74, 6) is 1.53. The molecule has 0 spiro atoms. The van der Waals surface area contributed by atoms with Crippen LogP contribution in [0, 0.1) is 11.8 Å². The minimum absolute atomic E-state index is 0.142. The molecule has 0 aromatic rings. The van der Waals surface area contributed by atoms with Crippen LogP contribution in [0.25, 0.3) is 0 Å². The summed E-state index contributed by atoms with van der Waals surface area (Å²) in [7, 11) is 0. The van der Waals surface area contributed by atoms with Gasteiger partial charge in [-0.2, -0.15) is 0 Å². The lowest BCUT2D eigenvalue weighted by atomic mass is 10.0. The zero-order valence-corrected chi connectivity index (χ0v) is 10.9. The highest BCUT2D eigenvalue weighted by molar-refractivity contribution is 6.17. The first-order chi connectivity index (χ1) is 7.15. The highest BCUT2D eigenvalue weighted by atomic mass is 35.5. The fourth-order valence-corrected chi connectivity index (χ4v) is 1.90. The monoisotopic (exact) mass is 233 g/mol. The largest absolute Gasteiger partial charge is 0.356 e. The molecule has 15 heavy (non-hydrogen) atoms. The van der Waals surface area contributed by atoms with Crippen molar-refractivity contribution in [1.29, 1.82) is 0 Å². The van der Waals surface area contributed by atoms with Gasteiger partial charge in [0, 0.05) is 18.3 Å². The van der Waals surface area contributed by atoms with E-state index in [0.29, 0.717) is 11.8 Å². The highest BCUT2D eigenvalue weighted by Gasteiger charge is 2.13. The van der Waals surface area contributed by atoms with Crippen LogP contribution in [0.4, 0.5) is 0 Å². The van der Waals surface area contributed by atoms with Crippen LogP contribution in [-0.4, -0.2) is 18.3 Å². The minimum atomic E-state index is 0.142. The molecule has 0 aromatic carbocycles. The Bertz CT molecular complexity index is 173. The van der Waals surface area contributed by atoms with Gasteiger partial charge in [-0.25, -0.2) is 0 Å². The highest BCUT2D eigenvalue weighted by Crippen LogP contribution is 2.09. The van der Waals surface area contributed by atoms with Gasteiger partial charge in [0.05, 0.1) is 0 Å². The number of nitrogens with one attached hydrogen (secondary N) is 1. The zero-order valence-electron chi connectivity index (χ0n) is 10.2. The Morgan fingerprint density at radius 3 is 2.47 bits per heavy atom. The molecule has 0 radical (unpaired) electrons. The normalized spacial score (nSPS) is 14.7. The molecule has 1 amide bonds. The number of amides is 1. The van der Waals surface area contributed by atoms with Crippen LogP contribution in [0.5, 0.6) is 0 Å². The molecule has 0 heterocycles. The average molecular weight is 234 g/mol. The summed E-state index contributed by atoms with van der Waals surface area (Å²) in [4.78, 5) is 11.6. The Morgan fingerprint density at radius 2 is 2.00 bits per heavy atom. The van der Waals surface area contributed by atoms with Crippen molar-refractivity contribution >= 4 is 17.5 Å². The first-order valence-electron chi connectivity index (χ1n) is 5.99. The van der Waals surface area contributed by atoms with Crippen molar-refractivity contribution in [3.05, 3.63) is 0 Å². The Balaban J connectivity index is 3.76. The maximum Gasteiger partial charge on any atom is 0.222 e. The van der Waals surface area contributed by atoms with E-state index in [0.717, 1.165) is 32.2 Å². The summed E-state index contributed by atoms with van der Waals surface area (Å²) >= 11 is 5.69. The topological polar surface area (TPSA) is 29.1 Å². The average Bonchev–Trinajstić information content (AvgIpc) is 2.24. The van der Waals surface area contributed by atoms with Gasteiger partial charge in [0.25, 0.3) is 0 Å². The molecule has 2 nitrogen and oxygen atoms in total. The molecule has 3 heteroatoms. The van der Waals surface area contributed by atoms with Gasteiger partial charge in [0.1, 0.15) is 0 Å². The predicted octanol–water partition coefficient (Wildman–Crippen LogP) is 3.19. The van der Waals surface area contributed by atoms with E-state index in [1.54, 1.807) is 0 Å². The van der Waals surface area contributed by atoms with Crippen molar-refractivity contribution < 1.29 is 4.79 Å². The quantitative estimate of drug-likeness (QED) is 0.641. The van der Waals surface area contributed by atoms with Crippen molar-refractivity contribution in [1.82, 2.24) is 5.32 Å². The third-order valence-electron chi connectivity index (χ3n) is 2.83. The molecule has 2 unspecified atom stereocenters. The second kappa shape index (κ2) is 9.02. The number of rotatable bonds is 8. The van der Waals surface area contributed by atoms with Gasteiger partial charge in [-0.05, 0) is 18.8 Å². The van der Waals surface area contributed by atoms with Crippen LogP contribution in [0.15, 0.2) is 0 Å². The number of alkyl halides is 1. The molecular formula is C12H24ClNO. The number of carbonyl (C=O) groups excluding carboxylic acids is 1. The van der Waals surface area contributed by atoms with Crippen molar-refractivity contribution in [3.8, 4) is 0 Å². The van der Waals surface area contributed by atoms with Gasteiger partial charge in [-0.1, -0.05) is 33.6 Å². The zero-order chi connectivity index (χ0) is 11.7. The number of hydrogen-bond donors (Lipinski definition) is 1. The van der Waals surface area contributed by atoms with Crippen LogP contribution in [0.2, 0.25) is 0 Å². The SMILES string of the molecule is CCCC(C)C(=O)NCC(CC)CCCl. The van der Waals surface area contributed by atoms with Gasteiger partial charge in [-0.15, -0.1) is 11.6 Å². The van der Waals surface area contributed by atoms with E-state index >= 15 is 0 Å². The standard InChI is InChI=1S/C12H24ClNO/c1-4-6-10(3)12(15)14-9-11(5-2)7-8-13/h10-11H,4-9H2,1-3H3,(H,14,15). The van der Waals surface area contributed by atoms with Crippen LogP contribution < -0.4 is 5.32 Å². The molecule has 0 bridgehead atoms. The molecule has 90 valence electrons. The molecule has 2 atom stereocenters. The molecule has 1 N–H and O–H groups in total. The second-order valence-corrected chi connectivity index (χ2v) is 4.56. The third-order valence-corrected chi connectivity index (χ3v) is 3.05. The molecule has 0 saturated carbocycles. The molecule has 0 aromatic heterocycles. The molecule has 0 rings (SSSR count). The molecular weight excluding hydrogens is 210 g/mol. The predicted molar refractivity (Wildman–Crippen MR) is 66.2 cm³/mol. The fourth-order valence-electron chi connectivity index (χ4n) is 1.59. The molecule has 0 aliphatic rings. The Hall–Kier alpha value is -0.240. The van der Waals surface area contributed by atoms with Crippen LogP contribution in [0.3, 0.4) is 0 Å². The number of halogens is 1. The smallest absolute Gasteiger partial charge is 0.222 e. The van der Waals surface area contributed by atoms with Crippen molar-refractivity contribution in [2.24, 2.45) is 11.8 Å². The van der Waals surface area contributed by atoms with Crippen LogP contribution in [-0.2, 0) is 4.79 Å². The Kier molecular flexibility index (Phi) is 8.88. The first kappa shape index (κ1) is 14.8. The third kappa shape index (κ3) is 6.77. The maximum absolute atomic E-state index is 11.6. The molecule has 0 saturated heterocycles. The van der Waals surface area contributed by atoms with Crippen LogP contribution in [0.1, 0.15) is 46.5 Å². The van der Waals surface area contributed by atoms with E-state index in [-0.39, 0.29) is 11.8 Å². The van der Waals surface area contributed by atoms with E-state index in [1.807, 2.05) is 6.92 Å². The van der Waals surface area contributed by atoms with Crippen molar-refractivity contribution in [2.75, 3.05) is 12.4 Å². The van der Waals surface area contributed by atoms with Gasteiger partial charge >= 0.3 is 0 Å². The van der Waals surface area contributed by atoms with E-state index in [4.69, 9.17) is 11.6 Å². The fraction of sp³-hybridized carbons (Fsp3) is 0.917. The van der Waals surface area contributed by atoms with Gasteiger partial charge < -0.3 is 5.32 Å². The summed E-state index contributed by atoms with van der Waals surface area (Å²) < 4.78 is 0. The summed E-state index contributed by atoms with van der Waals surface area (Å²) in [5.41, 5.74) is 0. The summed E-state index contributed by atoms with van der Waals surface area (Å²) in [6.45, 7) is 7.00. The van der Waals surface area contributed by atoms with E-state index in [1.165, 1.54) is 0 Å². The minimum Gasteiger partial charge on any atom is -0.356 e. The van der Waals surface area contributed by atoms with Crippen molar-refractivity contribution in [3.63, 3.8) is 0 Å².